The van der Waals surface area contributed by atoms with E-state index in [2.05, 4.69) is 5.92 Å². The summed E-state index contributed by atoms with van der Waals surface area (Å²) >= 11 is -2.35. The van der Waals surface area contributed by atoms with Gasteiger partial charge in [-0.15, -0.1) is 6.42 Å². The van der Waals surface area contributed by atoms with Gasteiger partial charge in [-0.3, -0.25) is 0 Å². The molecular formula is C12H13F3O2S. The molecule has 1 atom stereocenters. The van der Waals surface area contributed by atoms with Crippen LogP contribution in [-0.2, 0) is 11.1 Å². The summed E-state index contributed by atoms with van der Waals surface area (Å²) in [6, 6.07) is 0. The summed E-state index contributed by atoms with van der Waals surface area (Å²) in [6.07, 6.45) is 2.45. The lowest BCUT2D eigenvalue weighted by Gasteiger charge is -2.16. The maximum atomic E-state index is 12.1. The lowest BCUT2D eigenvalue weighted by atomic mass is 9.94. The quantitative estimate of drug-likeness (QED) is 0.633. The Balaban J connectivity index is 2.83. The van der Waals surface area contributed by atoms with E-state index in [1.54, 1.807) is 6.08 Å². The van der Waals surface area contributed by atoms with Crippen molar-refractivity contribution >= 4 is 11.1 Å². The minimum Gasteiger partial charge on any atom is -0.302 e. The van der Waals surface area contributed by atoms with Gasteiger partial charge in [-0.25, -0.2) is 4.21 Å². The summed E-state index contributed by atoms with van der Waals surface area (Å²) < 4.78 is 56.5. The molecule has 0 aromatic rings. The number of allylic oxidation sites excluding steroid dienone is 4. The van der Waals surface area contributed by atoms with Crippen LogP contribution in [0.3, 0.4) is 0 Å². The summed E-state index contributed by atoms with van der Waals surface area (Å²) in [5, 5.41) is 0. The van der Waals surface area contributed by atoms with Crippen LogP contribution in [0.4, 0.5) is 13.2 Å². The molecule has 0 aromatic heterocycles. The molecule has 0 fully saturated rings. The van der Waals surface area contributed by atoms with Crippen LogP contribution in [-0.4, -0.2) is 14.9 Å². The fraction of sp³-hybridized carbons (Fsp3) is 0.500. The Kier molecular flexibility index (Phi) is 5.17. The van der Waals surface area contributed by atoms with Gasteiger partial charge in [-0.2, -0.15) is 13.2 Å². The van der Waals surface area contributed by atoms with E-state index in [-0.39, 0.29) is 4.91 Å². The molecule has 1 aliphatic rings. The Labute approximate surface area is 106 Å². The molecule has 0 radical (unpaired) electrons. The second-order valence-electron chi connectivity index (χ2n) is 3.97. The minimum atomic E-state index is -4.32. The van der Waals surface area contributed by atoms with E-state index in [4.69, 9.17) is 11.0 Å². The molecule has 18 heavy (non-hydrogen) atoms. The van der Waals surface area contributed by atoms with Gasteiger partial charge in [0.2, 0.25) is 0 Å². The first kappa shape index (κ1) is 15.0. The van der Waals surface area contributed by atoms with Gasteiger partial charge in [0.05, 0.1) is 0 Å². The van der Waals surface area contributed by atoms with E-state index in [0.717, 1.165) is 5.57 Å². The lowest BCUT2D eigenvalue weighted by molar-refractivity contribution is -0.133. The van der Waals surface area contributed by atoms with Crippen LogP contribution in [0.15, 0.2) is 22.1 Å². The average Bonchev–Trinajstić information content (AvgIpc) is 2.28. The molecule has 6 heteroatoms. The molecule has 0 spiro atoms. The number of hydrogen-bond acceptors (Lipinski definition) is 1. The topological polar surface area (TPSA) is 37.3 Å². The van der Waals surface area contributed by atoms with Crippen LogP contribution in [0.1, 0.15) is 32.1 Å². The van der Waals surface area contributed by atoms with Gasteiger partial charge in [0.1, 0.15) is 0 Å². The molecule has 0 aromatic carbocycles. The third-order valence-electron chi connectivity index (χ3n) is 2.72. The molecule has 1 aliphatic carbocycles. The van der Waals surface area contributed by atoms with Crippen molar-refractivity contribution in [2.75, 3.05) is 0 Å². The van der Waals surface area contributed by atoms with Crippen LogP contribution in [0.2, 0.25) is 0 Å². The largest absolute Gasteiger partial charge is 0.389 e. The summed E-state index contributed by atoms with van der Waals surface area (Å²) in [7, 11) is 0. The highest BCUT2D eigenvalue weighted by Crippen LogP contribution is 2.31. The van der Waals surface area contributed by atoms with Crippen molar-refractivity contribution in [1.82, 2.24) is 0 Å². The van der Waals surface area contributed by atoms with Crippen LogP contribution in [0.25, 0.3) is 0 Å². The Morgan fingerprint density at radius 3 is 2.56 bits per heavy atom. The molecule has 0 heterocycles. The molecule has 2 nitrogen and oxygen atoms in total. The minimum absolute atomic E-state index is 0.0142. The summed E-state index contributed by atoms with van der Waals surface area (Å²) in [5.74, 6) is 2.47. The average molecular weight is 278 g/mol. The van der Waals surface area contributed by atoms with Crippen molar-refractivity contribution in [3.8, 4) is 12.3 Å². The number of halogens is 3. The normalized spacial score (nSPS) is 20.9. The van der Waals surface area contributed by atoms with Crippen molar-refractivity contribution in [2.45, 2.75) is 38.3 Å². The number of terminal acetylenes is 1. The zero-order valence-corrected chi connectivity index (χ0v) is 10.4. The van der Waals surface area contributed by atoms with Crippen molar-refractivity contribution in [2.24, 2.45) is 0 Å². The van der Waals surface area contributed by atoms with Gasteiger partial charge in [-0.1, -0.05) is 17.6 Å². The molecule has 0 saturated heterocycles. The van der Waals surface area contributed by atoms with Gasteiger partial charge < -0.3 is 4.55 Å². The smallest absolute Gasteiger partial charge is 0.302 e. The van der Waals surface area contributed by atoms with Crippen molar-refractivity contribution in [1.29, 1.82) is 0 Å². The molecule has 1 rings (SSSR count). The second kappa shape index (κ2) is 6.21. The van der Waals surface area contributed by atoms with Gasteiger partial charge >= 0.3 is 6.18 Å². The molecule has 100 valence electrons. The van der Waals surface area contributed by atoms with Gasteiger partial charge in [0.15, 0.2) is 11.1 Å². The number of rotatable bonds is 3. The molecular weight excluding hydrogens is 265 g/mol. The predicted molar refractivity (Wildman–Crippen MR) is 63.9 cm³/mol. The van der Waals surface area contributed by atoms with E-state index >= 15 is 0 Å². The molecule has 0 saturated carbocycles. The molecule has 1 unspecified atom stereocenters. The zero-order valence-electron chi connectivity index (χ0n) is 9.59. The Hall–Kier alpha value is -1.06. The van der Waals surface area contributed by atoms with Crippen molar-refractivity contribution in [3.63, 3.8) is 0 Å². The fourth-order valence-corrected chi connectivity index (χ4v) is 2.47. The number of alkyl halides is 3. The first-order valence-corrected chi connectivity index (χ1v) is 6.48. The Bertz CT molecular complexity index is 441. The van der Waals surface area contributed by atoms with E-state index < -0.39 is 30.1 Å². The van der Waals surface area contributed by atoms with Crippen LogP contribution in [0, 0.1) is 12.3 Å². The fourth-order valence-electron chi connectivity index (χ4n) is 1.76. The monoisotopic (exact) mass is 278 g/mol. The lowest BCUT2D eigenvalue weighted by Crippen LogP contribution is -2.10. The zero-order chi connectivity index (χ0) is 13.8. The predicted octanol–water partition coefficient (Wildman–Crippen LogP) is 3.55. The molecule has 1 N–H and O–H groups in total. The maximum Gasteiger partial charge on any atom is 0.389 e. The van der Waals surface area contributed by atoms with Crippen molar-refractivity contribution in [3.05, 3.63) is 22.1 Å². The Morgan fingerprint density at radius 1 is 1.50 bits per heavy atom. The van der Waals surface area contributed by atoms with E-state index in [9.17, 15) is 17.4 Å². The molecule has 0 aliphatic heterocycles. The molecule has 0 amide bonds. The van der Waals surface area contributed by atoms with Gasteiger partial charge in [0, 0.05) is 11.3 Å². The van der Waals surface area contributed by atoms with Crippen LogP contribution in [0.5, 0.6) is 0 Å². The van der Waals surface area contributed by atoms with Gasteiger partial charge in [-0.05, 0) is 31.3 Å². The van der Waals surface area contributed by atoms with Crippen molar-refractivity contribution < 1.29 is 21.9 Å². The first-order chi connectivity index (χ1) is 8.33. The first-order valence-electron chi connectivity index (χ1n) is 5.37. The molecule has 0 bridgehead atoms. The summed E-state index contributed by atoms with van der Waals surface area (Å²) in [4.78, 5) is -0.0142. The van der Waals surface area contributed by atoms with Crippen LogP contribution >= 0.6 is 0 Å². The van der Waals surface area contributed by atoms with Crippen LogP contribution < -0.4 is 0 Å². The summed E-state index contributed by atoms with van der Waals surface area (Å²) in [5.41, 5.74) is 1.39. The second-order valence-corrected chi connectivity index (χ2v) is 4.96. The van der Waals surface area contributed by atoms with E-state index in [0.29, 0.717) is 24.8 Å². The highest BCUT2D eigenvalue weighted by Gasteiger charge is 2.28. The third kappa shape index (κ3) is 4.67. The highest BCUT2D eigenvalue weighted by molar-refractivity contribution is 7.83. The Morgan fingerprint density at radius 2 is 2.17 bits per heavy atom. The third-order valence-corrected chi connectivity index (χ3v) is 3.63. The number of hydrogen-bond donors (Lipinski definition) is 1. The SMILES string of the molecule is C#CC1=CCC(=C(CCC(F)(F)F)S(=O)O)CC1. The van der Waals surface area contributed by atoms with E-state index in [1.165, 1.54) is 0 Å². The maximum absolute atomic E-state index is 12.1. The standard InChI is InChI=1S/C12H13F3O2S/c1-2-9-3-5-10(6-4-9)11(18(16)17)7-8-12(13,14)15/h1,3H,4-8H2,(H,16,17). The van der Waals surface area contributed by atoms with Gasteiger partial charge in [0.25, 0.3) is 0 Å². The summed E-state index contributed by atoms with van der Waals surface area (Å²) in [6.45, 7) is 0. The van der Waals surface area contributed by atoms with E-state index in [1.807, 2.05) is 0 Å². The highest BCUT2D eigenvalue weighted by atomic mass is 32.2.